The minimum Gasteiger partial charge on any atom is -0.332 e. The van der Waals surface area contributed by atoms with Crippen LogP contribution in [0.4, 0.5) is 14.5 Å². The van der Waals surface area contributed by atoms with Gasteiger partial charge in [0.2, 0.25) is 0 Å². The molecule has 1 aromatic rings. The second-order valence-electron chi connectivity index (χ2n) is 4.99. The van der Waals surface area contributed by atoms with Crippen LogP contribution in [0.25, 0.3) is 0 Å². The molecule has 1 aliphatic heterocycles. The van der Waals surface area contributed by atoms with Crippen molar-refractivity contribution in [3.63, 3.8) is 0 Å². The van der Waals surface area contributed by atoms with Gasteiger partial charge in [-0.2, -0.15) is 0 Å². The van der Waals surface area contributed by atoms with Crippen LogP contribution in [-0.4, -0.2) is 17.5 Å². The smallest absolute Gasteiger partial charge is 0.161 e. The summed E-state index contributed by atoms with van der Waals surface area (Å²) in [5.74, 6) is -0.260. The summed E-state index contributed by atoms with van der Waals surface area (Å²) >= 11 is 4.76. The second kappa shape index (κ2) is 6.43. The minimum atomic E-state index is -0.622. The van der Waals surface area contributed by atoms with Crippen molar-refractivity contribution in [2.24, 2.45) is 10.4 Å². The molecule has 0 amide bonds. The van der Waals surface area contributed by atoms with Crippen LogP contribution in [0.3, 0.4) is 0 Å². The van der Waals surface area contributed by atoms with E-state index in [1.165, 1.54) is 6.07 Å². The van der Waals surface area contributed by atoms with Crippen LogP contribution in [0.2, 0.25) is 0 Å². The molecule has 0 radical (unpaired) electrons. The number of anilines is 1. The Kier molecular flexibility index (Phi) is 5.07. The molecule has 0 saturated heterocycles. The zero-order chi connectivity index (χ0) is 14.8. The number of hydrogen-bond acceptors (Lipinski definition) is 3. The zero-order valence-electron chi connectivity index (χ0n) is 11.5. The van der Waals surface area contributed by atoms with E-state index in [-0.39, 0.29) is 11.1 Å². The van der Waals surface area contributed by atoms with Crippen molar-refractivity contribution in [1.82, 2.24) is 0 Å². The largest absolute Gasteiger partial charge is 0.332 e. The molecule has 2 rings (SSSR count). The quantitative estimate of drug-likeness (QED) is 0.813. The number of halogens is 3. The third-order valence-electron chi connectivity index (χ3n) is 3.81. The molecule has 20 heavy (non-hydrogen) atoms. The Labute approximate surface area is 130 Å². The molecule has 6 heteroatoms. The first kappa shape index (κ1) is 15.8. The first-order valence-electron chi connectivity index (χ1n) is 6.58. The molecule has 1 N–H and O–H groups in total. The lowest BCUT2D eigenvalue weighted by Crippen LogP contribution is -2.32. The lowest BCUT2D eigenvalue weighted by molar-refractivity contribution is 0.318. The van der Waals surface area contributed by atoms with Gasteiger partial charge in [0.05, 0.1) is 5.69 Å². The van der Waals surface area contributed by atoms with Crippen molar-refractivity contribution in [2.75, 3.05) is 17.6 Å². The Morgan fingerprint density at radius 3 is 2.55 bits per heavy atom. The Morgan fingerprint density at radius 2 is 2.05 bits per heavy atom. The maximum absolute atomic E-state index is 13.8. The zero-order valence-corrected chi connectivity index (χ0v) is 13.9. The van der Waals surface area contributed by atoms with Crippen LogP contribution in [-0.2, 0) is 0 Å². The molecular formula is C14H17BrF2N2S. The van der Waals surface area contributed by atoms with Gasteiger partial charge in [0.15, 0.2) is 11.0 Å². The average Bonchev–Trinajstić information content (AvgIpc) is 2.43. The fraction of sp³-hybridized carbons (Fsp3) is 0.500. The summed E-state index contributed by atoms with van der Waals surface area (Å²) in [5.41, 5.74) is 0.479. The summed E-state index contributed by atoms with van der Waals surface area (Å²) in [4.78, 5) is 4.51. The first-order valence-corrected chi connectivity index (χ1v) is 8.36. The molecule has 0 bridgehead atoms. The number of amidine groups is 1. The van der Waals surface area contributed by atoms with Gasteiger partial charge in [-0.1, -0.05) is 25.6 Å². The number of benzene rings is 1. The Balaban J connectivity index is 2.15. The standard InChI is InChI=1S/C14H17BrF2N2S/c1-3-14(4-2)7-18-13(20-8-14)19-12-10(15)5-9(16)6-11(12)17/h5-6H,3-4,7-8H2,1-2H3,(H,18,19). The van der Waals surface area contributed by atoms with Gasteiger partial charge >= 0.3 is 0 Å². The number of nitrogens with one attached hydrogen (secondary N) is 1. The molecule has 0 fully saturated rings. The number of thioether (sulfide) groups is 1. The highest BCUT2D eigenvalue weighted by molar-refractivity contribution is 9.10. The summed E-state index contributed by atoms with van der Waals surface area (Å²) in [5, 5.41) is 3.64. The third kappa shape index (κ3) is 3.34. The van der Waals surface area contributed by atoms with Crippen molar-refractivity contribution in [2.45, 2.75) is 26.7 Å². The molecule has 0 spiro atoms. The van der Waals surface area contributed by atoms with Crippen LogP contribution < -0.4 is 5.32 Å². The van der Waals surface area contributed by atoms with Gasteiger partial charge in [0.25, 0.3) is 0 Å². The molecule has 1 aliphatic rings. The minimum absolute atomic E-state index is 0.234. The number of hydrogen-bond donors (Lipinski definition) is 1. The molecule has 0 saturated carbocycles. The van der Waals surface area contributed by atoms with Gasteiger partial charge in [0.1, 0.15) is 5.82 Å². The molecule has 0 unspecified atom stereocenters. The Bertz CT molecular complexity index is 507. The van der Waals surface area contributed by atoms with Gasteiger partial charge in [-0.25, -0.2) is 8.78 Å². The van der Waals surface area contributed by atoms with E-state index in [2.05, 4.69) is 40.1 Å². The van der Waals surface area contributed by atoms with Crippen LogP contribution >= 0.6 is 27.7 Å². The van der Waals surface area contributed by atoms with E-state index in [9.17, 15) is 8.78 Å². The van der Waals surface area contributed by atoms with E-state index in [4.69, 9.17) is 0 Å². The molecule has 0 aromatic heterocycles. The normalized spacial score (nSPS) is 17.8. The summed E-state index contributed by atoms with van der Waals surface area (Å²) in [6.45, 7) is 5.10. The summed E-state index contributed by atoms with van der Waals surface area (Å²) < 4.78 is 27.2. The lowest BCUT2D eigenvalue weighted by atomic mass is 9.84. The van der Waals surface area contributed by atoms with E-state index in [1.807, 2.05) is 0 Å². The lowest BCUT2D eigenvalue weighted by Gasteiger charge is -2.33. The maximum atomic E-state index is 13.8. The molecule has 1 heterocycles. The van der Waals surface area contributed by atoms with Gasteiger partial charge in [-0.15, -0.1) is 0 Å². The van der Waals surface area contributed by atoms with Crippen LogP contribution in [0.5, 0.6) is 0 Å². The average molecular weight is 363 g/mol. The van der Waals surface area contributed by atoms with Gasteiger partial charge < -0.3 is 5.32 Å². The van der Waals surface area contributed by atoms with Crippen LogP contribution in [0.15, 0.2) is 21.6 Å². The molecule has 0 aliphatic carbocycles. The highest BCUT2D eigenvalue weighted by Gasteiger charge is 2.30. The molecular weight excluding hydrogens is 346 g/mol. The molecule has 0 atom stereocenters. The van der Waals surface area contributed by atoms with Crippen LogP contribution in [0, 0.1) is 17.0 Å². The molecule has 110 valence electrons. The van der Waals surface area contributed by atoms with E-state index < -0.39 is 11.6 Å². The van der Waals surface area contributed by atoms with E-state index in [1.54, 1.807) is 11.8 Å². The van der Waals surface area contributed by atoms with Crippen molar-refractivity contribution in [1.29, 1.82) is 0 Å². The van der Waals surface area contributed by atoms with Crippen molar-refractivity contribution >= 4 is 38.5 Å². The first-order chi connectivity index (χ1) is 9.49. The molecule has 1 aromatic carbocycles. The van der Waals surface area contributed by atoms with E-state index in [0.717, 1.165) is 31.2 Å². The maximum Gasteiger partial charge on any atom is 0.161 e. The van der Waals surface area contributed by atoms with Gasteiger partial charge in [-0.3, -0.25) is 4.99 Å². The van der Waals surface area contributed by atoms with Crippen molar-refractivity contribution in [3.05, 3.63) is 28.2 Å². The Hall–Kier alpha value is -0.620. The predicted molar refractivity (Wildman–Crippen MR) is 85.5 cm³/mol. The molecule has 2 nitrogen and oxygen atoms in total. The van der Waals surface area contributed by atoms with Crippen molar-refractivity contribution in [3.8, 4) is 0 Å². The monoisotopic (exact) mass is 362 g/mol. The van der Waals surface area contributed by atoms with Gasteiger partial charge in [-0.05, 0) is 40.3 Å². The van der Waals surface area contributed by atoms with E-state index >= 15 is 0 Å². The summed E-state index contributed by atoms with van der Waals surface area (Å²) in [7, 11) is 0. The third-order valence-corrected chi connectivity index (χ3v) is 5.70. The van der Waals surface area contributed by atoms with Gasteiger partial charge in [0, 0.05) is 22.8 Å². The highest BCUT2D eigenvalue weighted by Crippen LogP contribution is 2.36. The van der Waals surface area contributed by atoms with Crippen molar-refractivity contribution < 1.29 is 8.78 Å². The summed E-state index contributed by atoms with van der Waals surface area (Å²) in [6.07, 6.45) is 2.17. The SMILES string of the molecule is CCC1(CC)CN=C(Nc2c(F)cc(F)cc2Br)SC1. The highest BCUT2D eigenvalue weighted by atomic mass is 79.9. The second-order valence-corrected chi connectivity index (χ2v) is 6.80. The van der Waals surface area contributed by atoms with E-state index in [0.29, 0.717) is 9.64 Å². The number of aliphatic imine (C=N–C) groups is 1. The Morgan fingerprint density at radius 1 is 1.35 bits per heavy atom. The number of nitrogens with zero attached hydrogens (tertiary/aromatic N) is 1. The summed E-state index contributed by atoms with van der Waals surface area (Å²) in [6, 6.07) is 2.10. The topological polar surface area (TPSA) is 24.4 Å². The number of rotatable bonds is 3. The fourth-order valence-electron chi connectivity index (χ4n) is 2.07. The van der Waals surface area contributed by atoms with Crippen LogP contribution in [0.1, 0.15) is 26.7 Å². The fourth-order valence-corrected chi connectivity index (χ4v) is 3.85. The predicted octanol–water partition coefficient (Wildman–Crippen LogP) is 5.05.